The average Bonchev–Trinajstić information content (AvgIpc) is 2.87. The molecule has 3 rings (SSSR count). The molecule has 6 nitrogen and oxygen atoms in total. The van der Waals surface area contributed by atoms with Gasteiger partial charge in [-0.1, -0.05) is 6.07 Å². The molecule has 2 heterocycles. The minimum absolute atomic E-state index is 0.0397. The van der Waals surface area contributed by atoms with Crippen LogP contribution in [-0.2, 0) is 9.53 Å². The zero-order chi connectivity index (χ0) is 17.4. The van der Waals surface area contributed by atoms with Gasteiger partial charge in [-0.05, 0) is 31.5 Å². The number of nitrogens with two attached hydrogens (primary N) is 1. The average molecular weight is 346 g/mol. The van der Waals surface area contributed by atoms with Crippen molar-refractivity contribution in [1.82, 2.24) is 0 Å². The number of thiophene rings is 1. The summed E-state index contributed by atoms with van der Waals surface area (Å²) in [5.74, 6) is 0.0989. The zero-order valence-electron chi connectivity index (χ0n) is 13.7. The van der Waals surface area contributed by atoms with Gasteiger partial charge in [-0.15, -0.1) is 11.3 Å². The van der Waals surface area contributed by atoms with Gasteiger partial charge in [-0.2, -0.15) is 0 Å². The molecule has 0 aliphatic carbocycles. The SMILES string of the molecule is CCN1C(=O)COc2ccc(-c3c(C)sc(N)c3C(=O)OC)cc21. The van der Waals surface area contributed by atoms with E-state index >= 15 is 0 Å². The fourth-order valence-corrected chi connectivity index (χ4v) is 3.86. The first-order valence-corrected chi connectivity index (χ1v) is 8.34. The molecule has 0 atom stereocenters. The number of carbonyl (C=O) groups is 2. The van der Waals surface area contributed by atoms with E-state index in [1.54, 1.807) is 4.90 Å². The first-order valence-electron chi connectivity index (χ1n) is 7.52. The molecular weight excluding hydrogens is 328 g/mol. The highest BCUT2D eigenvalue weighted by Gasteiger charge is 2.27. The topological polar surface area (TPSA) is 81.9 Å². The second-order valence-electron chi connectivity index (χ2n) is 5.37. The van der Waals surface area contributed by atoms with E-state index in [0.29, 0.717) is 28.5 Å². The highest BCUT2D eigenvalue weighted by atomic mass is 32.1. The number of nitrogens with zero attached hydrogens (tertiary/aromatic N) is 1. The van der Waals surface area contributed by atoms with Crippen LogP contribution in [0.4, 0.5) is 10.7 Å². The Hall–Kier alpha value is -2.54. The highest BCUT2D eigenvalue weighted by molar-refractivity contribution is 7.16. The van der Waals surface area contributed by atoms with Crippen molar-refractivity contribution in [3.8, 4) is 16.9 Å². The molecule has 0 spiro atoms. The molecule has 0 unspecified atom stereocenters. The summed E-state index contributed by atoms with van der Waals surface area (Å²) in [6.45, 7) is 4.40. The van der Waals surface area contributed by atoms with Crippen molar-refractivity contribution in [3.05, 3.63) is 28.6 Å². The lowest BCUT2D eigenvalue weighted by Crippen LogP contribution is -2.38. The molecule has 0 saturated carbocycles. The van der Waals surface area contributed by atoms with Crippen molar-refractivity contribution < 1.29 is 19.1 Å². The summed E-state index contributed by atoms with van der Waals surface area (Å²) in [4.78, 5) is 26.7. The number of anilines is 2. The maximum absolute atomic E-state index is 12.1. The number of ether oxygens (including phenoxy) is 2. The summed E-state index contributed by atoms with van der Waals surface area (Å²) in [6, 6.07) is 5.54. The molecule has 2 N–H and O–H groups in total. The maximum atomic E-state index is 12.1. The first-order chi connectivity index (χ1) is 11.5. The Labute approximate surface area is 143 Å². The summed E-state index contributed by atoms with van der Waals surface area (Å²) >= 11 is 1.34. The van der Waals surface area contributed by atoms with E-state index in [4.69, 9.17) is 15.2 Å². The van der Waals surface area contributed by atoms with Crippen LogP contribution < -0.4 is 15.4 Å². The first kappa shape index (κ1) is 16.3. The van der Waals surface area contributed by atoms with Gasteiger partial charge in [0.1, 0.15) is 16.3 Å². The van der Waals surface area contributed by atoms with Crippen molar-refractivity contribution in [2.24, 2.45) is 0 Å². The number of rotatable bonds is 3. The summed E-state index contributed by atoms with van der Waals surface area (Å²) in [6.07, 6.45) is 0. The van der Waals surface area contributed by atoms with E-state index in [1.165, 1.54) is 18.4 Å². The van der Waals surface area contributed by atoms with Crippen LogP contribution in [0, 0.1) is 6.92 Å². The minimum Gasteiger partial charge on any atom is -0.482 e. The molecule has 2 aromatic rings. The molecule has 0 radical (unpaired) electrons. The summed E-state index contributed by atoms with van der Waals surface area (Å²) in [7, 11) is 1.33. The number of esters is 1. The van der Waals surface area contributed by atoms with Crippen molar-refractivity contribution >= 4 is 33.9 Å². The molecule has 0 saturated heterocycles. The van der Waals surface area contributed by atoms with Crippen LogP contribution in [0.15, 0.2) is 18.2 Å². The molecular formula is C17H18N2O4S. The number of fused-ring (bicyclic) bond motifs is 1. The fraction of sp³-hybridized carbons (Fsp3) is 0.294. The van der Waals surface area contributed by atoms with Crippen LogP contribution in [0.25, 0.3) is 11.1 Å². The van der Waals surface area contributed by atoms with E-state index < -0.39 is 5.97 Å². The van der Waals surface area contributed by atoms with Crippen molar-refractivity contribution in [1.29, 1.82) is 0 Å². The molecule has 1 amide bonds. The van der Waals surface area contributed by atoms with Crippen LogP contribution in [0.5, 0.6) is 5.75 Å². The molecule has 1 aromatic carbocycles. The van der Waals surface area contributed by atoms with Gasteiger partial charge in [0, 0.05) is 17.0 Å². The summed E-state index contributed by atoms with van der Waals surface area (Å²) < 4.78 is 10.4. The Morgan fingerprint density at radius 2 is 2.21 bits per heavy atom. The molecule has 24 heavy (non-hydrogen) atoms. The van der Waals surface area contributed by atoms with Gasteiger partial charge in [0.25, 0.3) is 5.91 Å². The minimum atomic E-state index is -0.468. The Morgan fingerprint density at radius 3 is 2.88 bits per heavy atom. The predicted octanol–water partition coefficient (Wildman–Crippen LogP) is 2.84. The lowest BCUT2D eigenvalue weighted by atomic mass is 10.00. The highest BCUT2D eigenvalue weighted by Crippen LogP contribution is 2.42. The number of methoxy groups -OCH3 is 1. The van der Waals surface area contributed by atoms with E-state index in [0.717, 1.165) is 16.0 Å². The molecule has 0 fully saturated rings. The number of carbonyl (C=O) groups excluding carboxylic acids is 2. The monoisotopic (exact) mass is 346 g/mol. The second kappa shape index (κ2) is 6.16. The Morgan fingerprint density at radius 1 is 1.46 bits per heavy atom. The number of benzene rings is 1. The Kier molecular flexibility index (Phi) is 4.19. The lowest BCUT2D eigenvalue weighted by Gasteiger charge is -2.28. The summed E-state index contributed by atoms with van der Waals surface area (Å²) in [5, 5.41) is 0.423. The molecule has 126 valence electrons. The number of hydrogen-bond donors (Lipinski definition) is 1. The van der Waals surface area contributed by atoms with E-state index in [1.807, 2.05) is 32.0 Å². The molecule has 1 aromatic heterocycles. The molecule has 0 bridgehead atoms. The zero-order valence-corrected chi connectivity index (χ0v) is 14.5. The van der Waals surface area contributed by atoms with Gasteiger partial charge >= 0.3 is 5.97 Å². The number of aryl methyl sites for hydroxylation is 1. The molecule has 1 aliphatic heterocycles. The van der Waals surface area contributed by atoms with E-state index in [2.05, 4.69) is 0 Å². The number of likely N-dealkylation sites (N-methyl/N-ethyl adjacent to an activating group) is 1. The van der Waals surface area contributed by atoms with Gasteiger partial charge in [0.2, 0.25) is 0 Å². The lowest BCUT2D eigenvalue weighted by molar-refractivity contribution is -0.121. The van der Waals surface area contributed by atoms with Crippen molar-refractivity contribution in [2.75, 3.05) is 30.9 Å². The van der Waals surface area contributed by atoms with Crippen molar-refractivity contribution in [3.63, 3.8) is 0 Å². The van der Waals surface area contributed by atoms with Gasteiger partial charge in [0.15, 0.2) is 6.61 Å². The van der Waals surface area contributed by atoms with Crippen LogP contribution in [0.1, 0.15) is 22.2 Å². The van der Waals surface area contributed by atoms with Crippen LogP contribution in [0.3, 0.4) is 0 Å². The normalized spacial score (nSPS) is 13.5. The van der Waals surface area contributed by atoms with Crippen LogP contribution >= 0.6 is 11.3 Å². The van der Waals surface area contributed by atoms with Crippen LogP contribution in [-0.4, -0.2) is 32.1 Å². The molecule has 7 heteroatoms. The van der Waals surface area contributed by atoms with E-state index in [-0.39, 0.29) is 12.5 Å². The van der Waals surface area contributed by atoms with Gasteiger partial charge in [-0.25, -0.2) is 4.79 Å². The van der Waals surface area contributed by atoms with E-state index in [9.17, 15) is 9.59 Å². The predicted molar refractivity (Wildman–Crippen MR) is 93.8 cm³/mol. The number of hydrogen-bond acceptors (Lipinski definition) is 6. The third-order valence-electron chi connectivity index (χ3n) is 4.01. The van der Waals surface area contributed by atoms with Gasteiger partial charge < -0.3 is 20.1 Å². The van der Waals surface area contributed by atoms with Crippen molar-refractivity contribution in [2.45, 2.75) is 13.8 Å². The third-order valence-corrected chi connectivity index (χ3v) is 4.94. The largest absolute Gasteiger partial charge is 0.482 e. The quantitative estimate of drug-likeness (QED) is 0.864. The number of amides is 1. The maximum Gasteiger partial charge on any atom is 0.341 e. The Balaban J connectivity index is 2.17. The van der Waals surface area contributed by atoms with Gasteiger partial charge in [0.05, 0.1) is 12.8 Å². The summed E-state index contributed by atoms with van der Waals surface area (Å²) in [5.41, 5.74) is 8.60. The fourth-order valence-electron chi connectivity index (χ4n) is 2.92. The number of nitrogen functional groups attached to an aromatic ring is 1. The van der Waals surface area contributed by atoms with Crippen LogP contribution in [0.2, 0.25) is 0 Å². The third kappa shape index (κ3) is 2.50. The Bertz CT molecular complexity index is 828. The molecule has 1 aliphatic rings. The van der Waals surface area contributed by atoms with Gasteiger partial charge in [-0.3, -0.25) is 4.79 Å². The second-order valence-corrected chi connectivity index (χ2v) is 6.63. The standard InChI is InChI=1S/C17H18N2O4S/c1-4-19-11-7-10(5-6-12(11)23-8-13(19)20)14-9(2)24-16(18)15(14)17(21)22-3/h5-7H,4,8,18H2,1-3H3. The smallest absolute Gasteiger partial charge is 0.341 e.